The molecule has 1 amide bonds. The first-order valence-electron chi connectivity index (χ1n) is 5.79. The highest BCUT2D eigenvalue weighted by Crippen LogP contribution is 2.04. The molecule has 5 heteroatoms. The van der Waals surface area contributed by atoms with Gasteiger partial charge in [0.05, 0.1) is 6.61 Å². The summed E-state index contributed by atoms with van der Waals surface area (Å²) in [6, 6.07) is 7.27. The molecule has 0 fully saturated rings. The van der Waals surface area contributed by atoms with Gasteiger partial charge in [0.15, 0.2) is 0 Å². The quantitative estimate of drug-likeness (QED) is 0.676. The van der Waals surface area contributed by atoms with Crippen LogP contribution in [0.4, 0.5) is 0 Å². The van der Waals surface area contributed by atoms with Crippen molar-refractivity contribution >= 4 is 11.9 Å². The molecule has 0 unspecified atom stereocenters. The number of benzene rings is 1. The number of carboxylic acids is 1. The van der Waals surface area contributed by atoms with Crippen molar-refractivity contribution in [3.05, 3.63) is 35.4 Å². The van der Waals surface area contributed by atoms with Gasteiger partial charge in [-0.3, -0.25) is 9.59 Å². The standard InChI is InChI=1S/C13H17NO4/c15-9-11-6-4-10(5-7-11)8-14-12(16)2-1-3-13(17)18/h4-7,15H,1-3,8-9H2,(H,14,16)(H,17,18). The molecular formula is C13H17NO4. The van der Waals surface area contributed by atoms with E-state index in [-0.39, 0.29) is 25.4 Å². The number of amides is 1. The molecule has 0 atom stereocenters. The molecule has 0 heterocycles. The van der Waals surface area contributed by atoms with Crippen LogP contribution in [0, 0.1) is 0 Å². The third-order valence-electron chi connectivity index (χ3n) is 2.49. The summed E-state index contributed by atoms with van der Waals surface area (Å²) in [5.41, 5.74) is 1.77. The van der Waals surface area contributed by atoms with E-state index in [1.165, 1.54) is 0 Å². The lowest BCUT2D eigenvalue weighted by Gasteiger charge is -2.05. The van der Waals surface area contributed by atoms with Crippen molar-refractivity contribution in [3.63, 3.8) is 0 Å². The topological polar surface area (TPSA) is 86.6 Å². The van der Waals surface area contributed by atoms with Crippen molar-refractivity contribution in [2.24, 2.45) is 0 Å². The Hall–Kier alpha value is -1.88. The Morgan fingerprint density at radius 3 is 2.22 bits per heavy atom. The molecule has 0 aromatic heterocycles. The number of rotatable bonds is 7. The third kappa shape index (κ3) is 5.45. The average molecular weight is 251 g/mol. The van der Waals surface area contributed by atoms with E-state index in [1.54, 1.807) is 12.1 Å². The largest absolute Gasteiger partial charge is 0.481 e. The zero-order valence-corrected chi connectivity index (χ0v) is 10.1. The number of aliphatic hydroxyl groups excluding tert-OH is 1. The minimum Gasteiger partial charge on any atom is -0.481 e. The summed E-state index contributed by atoms with van der Waals surface area (Å²) in [5, 5.41) is 20.0. The van der Waals surface area contributed by atoms with E-state index in [1.807, 2.05) is 12.1 Å². The molecule has 0 bridgehead atoms. The van der Waals surface area contributed by atoms with Crippen molar-refractivity contribution in [1.29, 1.82) is 0 Å². The van der Waals surface area contributed by atoms with Crippen molar-refractivity contribution < 1.29 is 19.8 Å². The molecule has 98 valence electrons. The van der Waals surface area contributed by atoms with Crippen molar-refractivity contribution in [2.75, 3.05) is 0 Å². The Kier molecular flexibility index (Phi) is 5.87. The van der Waals surface area contributed by atoms with Crippen molar-refractivity contribution in [1.82, 2.24) is 5.32 Å². The Bertz CT molecular complexity index is 400. The second kappa shape index (κ2) is 7.45. The smallest absolute Gasteiger partial charge is 0.303 e. The number of hydrogen-bond donors (Lipinski definition) is 3. The number of nitrogens with one attached hydrogen (secondary N) is 1. The van der Waals surface area contributed by atoms with Crippen LogP contribution < -0.4 is 5.32 Å². The SMILES string of the molecule is O=C(O)CCCC(=O)NCc1ccc(CO)cc1. The van der Waals surface area contributed by atoms with Gasteiger partial charge in [0.2, 0.25) is 5.91 Å². The van der Waals surface area contributed by atoms with Gasteiger partial charge in [0.1, 0.15) is 0 Å². The predicted molar refractivity (Wildman–Crippen MR) is 65.7 cm³/mol. The minimum absolute atomic E-state index is 0.00181. The predicted octanol–water partition coefficient (Wildman–Crippen LogP) is 1.05. The third-order valence-corrected chi connectivity index (χ3v) is 2.49. The number of carbonyl (C=O) groups is 2. The molecule has 0 radical (unpaired) electrons. The van der Waals surface area contributed by atoms with E-state index in [0.717, 1.165) is 11.1 Å². The van der Waals surface area contributed by atoms with Crippen LogP contribution in [0.1, 0.15) is 30.4 Å². The highest BCUT2D eigenvalue weighted by Gasteiger charge is 2.03. The fraction of sp³-hybridized carbons (Fsp3) is 0.385. The van der Waals surface area contributed by atoms with Crippen LogP contribution in [0.5, 0.6) is 0 Å². The first kappa shape index (κ1) is 14.2. The summed E-state index contributed by atoms with van der Waals surface area (Å²) in [6.07, 6.45) is 0.588. The maximum absolute atomic E-state index is 11.4. The molecular weight excluding hydrogens is 234 g/mol. The van der Waals surface area contributed by atoms with Crippen LogP contribution in [0.25, 0.3) is 0 Å². The van der Waals surface area contributed by atoms with E-state index in [2.05, 4.69) is 5.32 Å². The van der Waals surface area contributed by atoms with Crippen LogP contribution in [-0.2, 0) is 22.7 Å². The molecule has 5 nitrogen and oxygen atoms in total. The Morgan fingerprint density at radius 1 is 1.06 bits per heavy atom. The maximum atomic E-state index is 11.4. The van der Waals surface area contributed by atoms with Crippen LogP contribution >= 0.6 is 0 Å². The van der Waals surface area contributed by atoms with Gasteiger partial charge in [-0.1, -0.05) is 24.3 Å². The van der Waals surface area contributed by atoms with Gasteiger partial charge in [-0.05, 0) is 17.5 Å². The average Bonchev–Trinajstić information content (AvgIpc) is 2.36. The van der Waals surface area contributed by atoms with Crippen molar-refractivity contribution in [2.45, 2.75) is 32.4 Å². The molecule has 0 aliphatic carbocycles. The second-order valence-electron chi connectivity index (χ2n) is 4.00. The molecule has 1 rings (SSSR count). The fourth-order valence-electron chi connectivity index (χ4n) is 1.45. The number of carbonyl (C=O) groups excluding carboxylic acids is 1. The minimum atomic E-state index is -0.887. The number of hydrogen-bond acceptors (Lipinski definition) is 3. The fourth-order valence-corrected chi connectivity index (χ4v) is 1.45. The zero-order valence-electron chi connectivity index (χ0n) is 10.1. The van der Waals surface area contributed by atoms with Crippen LogP contribution in [-0.4, -0.2) is 22.1 Å². The Balaban J connectivity index is 2.26. The van der Waals surface area contributed by atoms with Gasteiger partial charge in [0.25, 0.3) is 0 Å². The van der Waals surface area contributed by atoms with Gasteiger partial charge in [-0.15, -0.1) is 0 Å². The van der Waals surface area contributed by atoms with Crippen LogP contribution in [0.2, 0.25) is 0 Å². The lowest BCUT2D eigenvalue weighted by Crippen LogP contribution is -2.22. The number of carboxylic acid groups (broad SMARTS) is 1. The Morgan fingerprint density at radius 2 is 1.67 bits per heavy atom. The van der Waals surface area contributed by atoms with E-state index in [0.29, 0.717) is 13.0 Å². The first-order valence-corrected chi connectivity index (χ1v) is 5.79. The Labute approximate surface area is 105 Å². The van der Waals surface area contributed by atoms with E-state index in [9.17, 15) is 9.59 Å². The summed E-state index contributed by atoms with van der Waals surface area (Å²) < 4.78 is 0. The van der Waals surface area contributed by atoms with Gasteiger partial charge in [-0.2, -0.15) is 0 Å². The van der Waals surface area contributed by atoms with E-state index >= 15 is 0 Å². The lowest BCUT2D eigenvalue weighted by molar-refractivity contribution is -0.137. The van der Waals surface area contributed by atoms with Gasteiger partial charge in [-0.25, -0.2) is 0 Å². The molecule has 18 heavy (non-hydrogen) atoms. The van der Waals surface area contributed by atoms with Crippen LogP contribution in [0.3, 0.4) is 0 Å². The highest BCUT2D eigenvalue weighted by atomic mass is 16.4. The molecule has 1 aromatic carbocycles. The van der Waals surface area contributed by atoms with E-state index < -0.39 is 5.97 Å². The number of aliphatic hydroxyl groups is 1. The zero-order chi connectivity index (χ0) is 13.4. The highest BCUT2D eigenvalue weighted by molar-refractivity contribution is 5.76. The molecule has 0 saturated carbocycles. The molecule has 0 aliphatic heterocycles. The van der Waals surface area contributed by atoms with Gasteiger partial charge < -0.3 is 15.5 Å². The summed E-state index contributed by atoms with van der Waals surface area (Å²) in [4.78, 5) is 21.6. The van der Waals surface area contributed by atoms with Gasteiger partial charge >= 0.3 is 5.97 Å². The van der Waals surface area contributed by atoms with Crippen LogP contribution in [0.15, 0.2) is 24.3 Å². The molecule has 0 aliphatic rings. The lowest BCUT2D eigenvalue weighted by atomic mass is 10.1. The summed E-state index contributed by atoms with van der Waals surface area (Å²) in [5.74, 6) is -1.04. The summed E-state index contributed by atoms with van der Waals surface area (Å²) in [7, 11) is 0. The summed E-state index contributed by atoms with van der Waals surface area (Å²) in [6.45, 7) is 0.416. The maximum Gasteiger partial charge on any atom is 0.303 e. The summed E-state index contributed by atoms with van der Waals surface area (Å²) >= 11 is 0. The van der Waals surface area contributed by atoms with Crippen molar-refractivity contribution in [3.8, 4) is 0 Å². The second-order valence-corrected chi connectivity index (χ2v) is 4.00. The molecule has 0 saturated heterocycles. The molecule has 0 spiro atoms. The van der Waals surface area contributed by atoms with E-state index in [4.69, 9.17) is 10.2 Å². The monoisotopic (exact) mass is 251 g/mol. The van der Waals surface area contributed by atoms with Gasteiger partial charge in [0, 0.05) is 19.4 Å². The molecule has 1 aromatic rings. The normalized spacial score (nSPS) is 10.1. The molecule has 3 N–H and O–H groups in total. The number of aliphatic carboxylic acids is 1. The first-order chi connectivity index (χ1) is 8.61.